The zero-order chi connectivity index (χ0) is 14.6. The Kier molecular flexibility index (Phi) is 4.57. The molecular formula is C11H12F3NO4. The number of aromatic nitrogens is 1. The SMILES string of the molecule is COC(=O)Cc1nc(OC(F)(F)F)c(C)cc1OC. The molecule has 1 aromatic heterocycles. The van der Waals surface area contributed by atoms with Crippen molar-refractivity contribution < 1.29 is 32.2 Å². The third kappa shape index (κ3) is 4.31. The van der Waals surface area contributed by atoms with E-state index in [-0.39, 0.29) is 23.4 Å². The number of halogens is 3. The van der Waals surface area contributed by atoms with E-state index in [9.17, 15) is 18.0 Å². The van der Waals surface area contributed by atoms with Crippen molar-refractivity contribution in [1.29, 1.82) is 0 Å². The smallest absolute Gasteiger partial charge is 0.495 e. The number of esters is 1. The molecule has 0 unspecified atom stereocenters. The number of carbonyl (C=O) groups is 1. The van der Waals surface area contributed by atoms with Crippen molar-refractivity contribution in [2.75, 3.05) is 14.2 Å². The van der Waals surface area contributed by atoms with Crippen molar-refractivity contribution in [3.63, 3.8) is 0 Å². The average Bonchev–Trinajstić information content (AvgIpc) is 2.31. The lowest BCUT2D eigenvalue weighted by atomic mass is 10.2. The highest BCUT2D eigenvalue weighted by Crippen LogP contribution is 2.29. The first-order valence-electron chi connectivity index (χ1n) is 5.14. The Morgan fingerprint density at radius 2 is 2.00 bits per heavy atom. The number of aryl methyl sites for hydroxylation is 1. The van der Waals surface area contributed by atoms with E-state index >= 15 is 0 Å². The molecule has 106 valence electrons. The van der Waals surface area contributed by atoms with Gasteiger partial charge in [-0.25, -0.2) is 4.98 Å². The highest BCUT2D eigenvalue weighted by Gasteiger charge is 2.33. The summed E-state index contributed by atoms with van der Waals surface area (Å²) in [5.41, 5.74) is 0.155. The summed E-state index contributed by atoms with van der Waals surface area (Å²) in [7, 11) is 2.48. The summed E-state index contributed by atoms with van der Waals surface area (Å²) < 4.78 is 49.7. The van der Waals surface area contributed by atoms with Gasteiger partial charge in [0.05, 0.1) is 26.3 Å². The van der Waals surface area contributed by atoms with Crippen LogP contribution in [0.1, 0.15) is 11.3 Å². The number of pyridine rings is 1. The summed E-state index contributed by atoms with van der Waals surface area (Å²) in [6.07, 6.45) is -5.16. The number of hydrogen-bond acceptors (Lipinski definition) is 5. The molecule has 0 saturated heterocycles. The number of nitrogens with zero attached hydrogens (tertiary/aromatic N) is 1. The van der Waals surface area contributed by atoms with Crippen LogP contribution in [0.15, 0.2) is 6.07 Å². The Morgan fingerprint density at radius 3 is 2.47 bits per heavy atom. The molecule has 0 fully saturated rings. The average molecular weight is 279 g/mol. The highest BCUT2D eigenvalue weighted by molar-refractivity contribution is 5.72. The zero-order valence-corrected chi connectivity index (χ0v) is 10.5. The topological polar surface area (TPSA) is 57.7 Å². The molecule has 0 aliphatic rings. The summed E-state index contributed by atoms with van der Waals surface area (Å²) in [6, 6.07) is 1.31. The van der Waals surface area contributed by atoms with Crippen molar-refractivity contribution >= 4 is 5.97 Å². The molecule has 1 heterocycles. The van der Waals surface area contributed by atoms with Gasteiger partial charge in [-0.05, 0) is 13.0 Å². The van der Waals surface area contributed by atoms with Gasteiger partial charge >= 0.3 is 12.3 Å². The molecule has 0 N–H and O–H groups in total. The summed E-state index contributed by atoms with van der Waals surface area (Å²) >= 11 is 0. The van der Waals surface area contributed by atoms with E-state index in [2.05, 4.69) is 14.5 Å². The van der Waals surface area contributed by atoms with Crippen molar-refractivity contribution in [2.24, 2.45) is 0 Å². The number of rotatable bonds is 4. The van der Waals surface area contributed by atoms with Gasteiger partial charge in [0.2, 0.25) is 5.88 Å². The van der Waals surface area contributed by atoms with Gasteiger partial charge in [-0.3, -0.25) is 4.79 Å². The second kappa shape index (κ2) is 5.77. The minimum atomic E-state index is -4.85. The Morgan fingerprint density at radius 1 is 1.37 bits per heavy atom. The van der Waals surface area contributed by atoms with Crippen LogP contribution in [0.4, 0.5) is 13.2 Å². The molecule has 19 heavy (non-hydrogen) atoms. The first-order chi connectivity index (χ1) is 8.76. The number of alkyl halides is 3. The molecule has 0 radical (unpaired) electrons. The predicted molar refractivity (Wildman–Crippen MR) is 57.9 cm³/mol. The number of methoxy groups -OCH3 is 2. The third-order valence-corrected chi connectivity index (χ3v) is 2.18. The van der Waals surface area contributed by atoms with Gasteiger partial charge in [-0.15, -0.1) is 13.2 Å². The molecule has 0 aromatic carbocycles. The van der Waals surface area contributed by atoms with Crippen LogP contribution in [0.5, 0.6) is 11.6 Å². The van der Waals surface area contributed by atoms with Gasteiger partial charge in [0, 0.05) is 5.56 Å². The molecule has 0 saturated carbocycles. The molecular weight excluding hydrogens is 267 g/mol. The van der Waals surface area contributed by atoms with Crippen molar-refractivity contribution in [2.45, 2.75) is 19.7 Å². The maximum Gasteiger partial charge on any atom is 0.574 e. The predicted octanol–water partition coefficient (Wildman–Crippen LogP) is 2.01. The van der Waals surface area contributed by atoms with Crippen LogP contribution in [0.3, 0.4) is 0 Å². The molecule has 0 aliphatic heterocycles. The Hall–Kier alpha value is -1.99. The lowest BCUT2D eigenvalue weighted by Gasteiger charge is -2.14. The molecule has 1 rings (SSSR count). The first kappa shape index (κ1) is 15.1. The number of hydrogen-bond donors (Lipinski definition) is 0. The molecule has 8 heteroatoms. The van der Waals surface area contributed by atoms with Crippen LogP contribution in [-0.4, -0.2) is 31.5 Å². The molecule has 1 aromatic rings. The maximum atomic E-state index is 12.2. The Balaban J connectivity index is 3.14. The quantitative estimate of drug-likeness (QED) is 0.789. The largest absolute Gasteiger partial charge is 0.574 e. The van der Waals surface area contributed by atoms with E-state index in [1.54, 1.807) is 0 Å². The van der Waals surface area contributed by atoms with Gasteiger partial charge in [0.1, 0.15) is 5.75 Å². The van der Waals surface area contributed by atoms with Crippen LogP contribution in [0.25, 0.3) is 0 Å². The monoisotopic (exact) mass is 279 g/mol. The van der Waals surface area contributed by atoms with Gasteiger partial charge < -0.3 is 14.2 Å². The fourth-order valence-electron chi connectivity index (χ4n) is 1.33. The second-order valence-electron chi connectivity index (χ2n) is 3.56. The van der Waals surface area contributed by atoms with E-state index < -0.39 is 18.2 Å². The second-order valence-corrected chi connectivity index (χ2v) is 3.56. The summed E-state index contributed by atoms with van der Waals surface area (Å²) in [5.74, 6) is -1.07. The van der Waals surface area contributed by atoms with Crippen LogP contribution in [-0.2, 0) is 16.0 Å². The minimum absolute atomic E-state index is 0.0131. The molecule has 0 aliphatic carbocycles. The highest BCUT2D eigenvalue weighted by atomic mass is 19.4. The number of carbonyl (C=O) groups excluding carboxylic acids is 1. The van der Waals surface area contributed by atoms with E-state index in [1.807, 2.05) is 0 Å². The normalized spacial score (nSPS) is 11.1. The lowest BCUT2D eigenvalue weighted by molar-refractivity contribution is -0.276. The molecule has 5 nitrogen and oxygen atoms in total. The van der Waals surface area contributed by atoms with Crippen molar-refractivity contribution in [1.82, 2.24) is 4.98 Å². The first-order valence-corrected chi connectivity index (χ1v) is 5.14. The third-order valence-electron chi connectivity index (χ3n) is 2.18. The van der Waals surface area contributed by atoms with E-state index in [0.717, 1.165) is 7.11 Å². The minimum Gasteiger partial charge on any atom is -0.495 e. The standard InChI is InChI=1S/C11H12F3NO4/c1-6-4-8(17-2)7(5-9(16)18-3)15-10(6)19-11(12,13)14/h4H,5H2,1-3H3. The molecule has 0 amide bonds. The Labute approximate surface area is 107 Å². The van der Waals surface area contributed by atoms with Gasteiger partial charge in [0.15, 0.2) is 0 Å². The number of ether oxygens (including phenoxy) is 3. The summed E-state index contributed by atoms with van der Waals surface area (Å²) in [5, 5.41) is 0. The molecule has 0 spiro atoms. The van der Waals surface area contributed by atoms with E-state index in [0.29, 0.717) is 0 Å². The van der Waals surface area contributed by atoms with Crippen LogP contribution < -0.4 is 9.47 Å². The van der Waals surface area contributed by atoms with E-state index in [4.69, 9.17) is 4.74 Å². The van der Waals surface area contributed by atoms with E-state index in [1.165, 1.54) is 20.1 Å². The molecule has 0 atom stereocenters. The van der Waals surface area contributed by atoms with Crippen molar-refractivity contribution in [3.8, 4) is 11.6 Å². The fourth-order valence-corrected chi connectivity index (χ4v) is 1.33. The fraction of sp³-hybridized carbons (Fsp3) is 0.455. The van der Waals surface area contributed by atoms with Gasteiger partial charge in [0.25, 0.3) is 0 Å². The lowest BCUT2D eigenvalue weighted by Crippen LogP contribution is -2.19. The zero-order valence-electron chi connectivity index (χ0n) is 10.5. The molecule has 0 bridgehead atoms. The van der Waals surface area contributed by atoms with Crippen LogP contribution in [0.2, 0.25) is 0 Å². The van der Waals surface area contributed by atoms with Crippen molar-refractivity contribution in [3.05, 3.63) is 17.3 Å². The Bertz CT molecular complexity index is 474. The van der Waals surface area contributed by atoms with Crippen LogP contribution in [0, 0.1) is 6.92 Å². The summed E-state index contributed by atoms with van der Waals surface area (Å²) in [4.78, 5) is 14.8. The van der Waals surface area contributed by atoms with Gasteiger partial charge in [-0.1, -0.05) is 0 Å². The van der Waals surface area contributed by atoms with Gasteiger partial charge in [-0.2, -0.15) is 0 Å². The summed E-state index contributed by atoms with van der Waals surface area (Å²) in [6.45, 7) is 1.39. The maximum absolute atomic E-state index is 12.2. The van der Waals surface area contributed by atoms with Crippen LogP contribution >= 0.6 is 0 Å².